The van der Waals surface area contributed by atoms with Crippen molar-refractivity contribution in [1.82, 2.24) is 9.13 Å². The molecule has 0 aliphatic heterocycles. The Morgan fingerprint density at radius 1 is 0.500 bits per heavy atom. The van der Waals surface area contributed by atoms with Crippen LogP contribution in [0.2, 0.25) is 0 Å². The van der Waals surface area contributed by atoms with Gasteiger partial charge in [-0.25, -0.2) is 0 Å². The lowest BCUT2D eigenvalue weighted by molar-refractivity contribution is 1.18. The van der Waals surface area contributed by atoms with Crippen LogP contribution in [0.25, 0.3) is 75.2 Å². The average molecular weight is 554 g/mol. The summed E-state index contributed by atoms with van der Waals surface area (Å²) in [5.74, 6) is 0. The molecule has 0 bridgehead atoms. The quantitative estimate of drug-likeness (QED) is 0.210. The maximum atomic E-state index is 9.55. The highest BCUT2D eigenvalue weighted by Gasteiger charge is 2.16. The van der Waals surface area contributed by atoms with Crippen molar-refractivity contribution >= 4 is 75.1 Å². The van der Waals surface area contributed by atoms with Crippen LogP contribution in [0, 0.1) is 18.3 Å². The molecule has 0 aliphatic rings. The molecule has 3 heterocycles. The Bertz CT molecular complexity index is 2600. The molecule has 0 unspecified atom stereocenters. The number of benzene rings is 6. The highest BCUT2D eigenvalue weighted by molar-refractivity contribution is 7.25. The fourth-order valence-corrected chi connectivity index (χ4v) is 7.78. The lowest BCUT2D eigenvalue weighted by Crippen LogP contribution is -1.94. The summed E-state index contributed by atoms with van der Waals surface area (Å²) in [4.78, 5) is 0. The van der Waals surface area contributed by atoms with E-state index in [1.54, 1.807) is 0 Å². The van der Waals surface area contributed by atoms with Crippen molar-refractivity contribution in [3.63, 3.8) is 0 Å². The van der Waals surface area contributed by atoms with E-state index < -0.39 is 0 Å². The van der Waals surface area contributed by atoms with Crippen molar-refractivity contribution in [3.8, 4) is 17.4 Å². The van der Waals surface area contributed by atoms with E-state index in [0.29, 0.717) is 5.56 Å². The van der Waals surface area contributed by atoms with Gasteiger partial charge in [-0.1, -0.05) is 48.0 Å². The van der Waals surface area contributed by atoms with E-state index in [0.717, 1.165) is 27.5 Å². The van der Waals surface area contributed by atoms with Crippen molar-refractivity contribution in [2.75, 3.05) is 0 Å². The third-order valence-corrected chi connectivity index (χ3v) is 9.73. The minimum atomic E-state index is 0.678. The lowest BCUT2D eigenvalue weighted by Gasteiger charge is -2.10. The minimum Gasteiger partial charge on any atom is -0.309 e. The average Bonchev–Trinajstić information content (AvgIpc) is 3.67. The number of hydrogen-bond acceptors (Lipinski definition) is 2. The zero-order chi connectivity index (χ0) is 27.9. The van der Waals surface area contributed by atoms with Crippen molar-refractivity contribution in [2.45, 2.75) is 6.92 Å². The molecule has 4 heteroatoms. The monoisotopic (exact) mass is 553 g/mol. The number of para-hydroxylation sites is 2. The van der Waals surface area contributed by atoms with E-state index in [9.17, 15) is 5.26 Å². The number of nitrogens with zero attached hydrogens (tertiary/aromatic N) is 3. The van der Waals surface area contributed by atoms with Crippen molar-refractivity contribution in [1.29, 1.82) is 5.26 Å². The minimum absolute atomic E-state index is 0.678. The second kappa shape index (κ2) is 8.57. The molecule has 3 aromatic heterocycles. The summed E-state index contributed by atoms with van der Waals surface area (Å²) < 4.78 is 7.28. The van der Waals surface area contributed by atoms with Crippen molar-refractivity contribution in [2.24, 2.45) is 0 Å². The molecule has 42 heavy (non-hydrogen) atoms. The van der Waals surface area contributed by atoms with E-state index in [2.05, 4.69) is 131 Å². The summed E-state index contributed by atoms with van der Waals surface area (Å²) >= 11 is 1.84. The van der Waals surface area contributed by atoms with Crippen LogP contribution in [0.15, 0.2) is 121 Å². The van der Waals surface area contributed by atoms with E-state index in [4.69, 9.17) is 0 Å². The number of fused-ring (bicyclic) bond motifs is 9. The number of hydrogen-bond donors (Lipinski definition) is 0. The Morgan fingerprint density at radius 2 is 1.02 bits per heavy atom. The summed E-state index contributed by atoms with van der Waals surface area (Å²) in [5, 5.41) is 16.9. The van der Waals surface area contributed by atoms with Gasteiger partial charge in [0.05, 0.1) is 33.7 Å². The first kappa shape index (κ1) is 23.3. The van der Waals surface area contributed by atoms with Crippen LogP contribution >= 0.6 is 11.3 Å². The van der Waals surface area contributed by atoms with Crippen LogP contribution in [0.3, 0.4) is 0 Å². The van der Waals surface area contributed by atoms with Gasteiger partial charge in [0, 0.05) is 53.1 Å². The predicted octanol–water partition coefficient (Wildman–Crippen LogP) is 10.4. The zero-order valence-electron chi connectivity index (χ0n) is 22.8. The molecule has 196 valence electrons. The van der Waals surface area contributed by atoms with Gasteiger partial charge in [-0.2, -0.15) is 5.26 Å². The highest BCUT2D eigenvalue weighted by atomic mass is 32.1. The molecule has 3 nitrogen and oxygen atoms in total. The molecule has 0 aliphatic carbocycles. The third-order valence-electron chi connectivity index (χ3n) is 8.58. The second-order valence-corrected chi connectivity index (χ2v) is 12.1. The second-order valence-electron chi connectivity index (χ2n) is 11.0. The molecule has 0 N–H and O–H groups in total. The van der Waals surface area contributed by atoms with Gasteiger partial charge in [0.15, 0.2) is 0 Å². The molecule has 9 rings (SSSR count). The fraction of sp³-hybridized carbons (Fsp3) is 0.0263. The van der Waals surface area contributed by atoms with Crippen LogP contribution in [0.4, 0.5) is 0 Å². The molecule has 0 amide bonds. The van der Waals surface area contributed by atoms with Crippen LogP contribution in [-0.2, 0) is 0 Å². The normalized spacial score (nSPS) is 11.9. The maximum absolute atomic E-state index is 9.55. The summed E-state index contributed by atoms with van der Waals surface area (Å²) in [6.07, 6.45) is 0. The molecule has 0 saturated carbocycles. The number of nitriles is 1. The van der Waals surface area contributed by atoms with Crippen LogP contribution in [-0.4, -0.2) is 9.13 Å². The zero-order valence-corrected chi connectivity index (χ0v) is 23.6. The Kier molecular flexibility index (Phi) is 4.76. The van der Waals surface area contributed by atoms with Gasteiger partial charge in [-0.05, 0) is 85.8 Å². The summed E-state index contributed by atoms with van der Waals surface area (Å²) in [5.41, 5.74) is 8.93. The number of aryl methyl sites for hydroxylation is 1. The van der Waals surface area contributed by atoms with Gasteiger partial charge < -0.3 is 9.13 Å². The van der Waals surface area contributed by atoms with Crippen LogP contribution in [0.5, 0.6) is 0 Å². The van der Waals surface area contributed by atoms with E-state index in [1.807, 2.05) is 23.5 Å². The number of thiophene rings is 1. The summed E-state index contributed by atoms with van der Waals surface area (Å²) in [6, 6.07) is 45.9. The van der Waals surface area contributed by atoms with E-state index in [1.165, 1.54) is 53.2 Å². The lowest BCUT2D eigenvalue weighted by atomic mass is 10.1. The SMILES string of the molecule is Cc1ccc2c(c1)c1ccccc1n2-c1ccc2sc3ccc(-n4c5ccccc5c5cc(C#N)ccc54)cc3c2c1. The first-order valence-electron chi connectivity index (χ1n) is 14.1. The standard InChI is InChI=1S/C38H23N3S/c1-23-10-14-35-29(18-23)27-6-2-4-8-33(27)40(35)25-12-16-37-31(20-25)32-21-26(13-17-38(32)42-37)41-34-9-5-3-7-28(34)30-19-24(22-39)11-15-36(30)41/h2-21H,1H3. The van der Waals surface area contributed by atoms with Crippen LogP contribution in [0.1, 0.15) is 11.1 Å². The van der Waals surface area contributed by atoms with Gasteiger partial charge in [0.25, 0.3) is 0 Å². The van der Waals surface area contributed by atoms with Gasteiger partial charge in [0.2, 0.25) is 0 Å². The van der Waals surface area contributed by atoms with E-state index >= 15 is 0 Å². The summed E-state index contributed by atoms with van der Waals surface area (Å²) in [6.45, 7) is 2.16. The number of aromatic nitrogens is 2. The first-order valence-corrected chi connectivity index (χ1v) is 14.9. The Balaban J connectivity index is 1.31. The summed E-state index contributed by atoms with van der Waals surface area (Å²) in [7, 11) is 0. The molecule has 0 atom stereocenters. The predicted molar refractivity (Wildman–Crippen MR) is 177 cm³/mol. The maximum Gasteiger partial charge on any atom is 0.0991 e. The molecular weight excluding hydrogens is 531 g/mol. The van der Waals surface area contributed by atoms with Gasteiger partial charge in [0.1, 0.15) is 0 Å². The fourth-order valence-electron chi connectivity index (χ4n) is 6.72. The molecule has 0 spiro atoms. The van der Waals surface area contributed by atoms with Crippen LogP contribution < -0.4 is 0 Å². The Morgan fingerprint density at radius 3 is 1.62 bits per heavy atom. The smallest absolute Gasteiger partial charge is 0.0991 e. The van der Waals surface area contributed by atoms with Crippen molar-refractivity contribution < 1.29 is 0 Å². The third kappa shape index (κ3) is 3.20. The van der Waals surface area contributed by atoms with E-state index in [-0.39, 0.29) is 0 Å². The van der Waals surface area contributed by atoms with Gasteiger partial charge in [-0.15, -0.1) is 11.3 Å². The first-order chi connectivity index (χ1) is 20.7. The number of rotatable bonds is 2. The Hall–Kier alpha value is -5.37. The van der Waals surface area contributed by atoms with Gasteiger partial charge in [-0.3, -0.25) is 0 Å². The highest BCUT2D eigenvalue weighted by Crippen LogP contribution is 2.40. The molecular formula is C38H23N3S. The topological polar surface area (TPSA) is 33.6 Å². The Labute approximate surface area is 245 Å². The molecule has 6 aromatic carbocycles. The molecule has 0 fully saturated rings. The van der Waals surface area contributed by atoms with Crippen molar-refractivity contribution in [3.05, 3.63) is 132 Å². The molecule has 0 saturated heterocycles. The van der Waals surface area contributed by atoms with Gasteiger partial charge >= 0.3 is 0 Å². The molecule has 9 aromatic rings. The largest absolute Gasteiger partial charge is 0.309 e. The molecule has 0 radical (unpaired) electrons.